The smallest absolute Gasteiger partial charge is 0.00122 e. The zero-order valence-electron chi connectivity index (χ0n) is 9.01. The highest BCUT2D eigenvalue weighted by Crippen LogP contribution is 2.22. The van der Waals surface area contributed by atoms with Crippen LogP contribution in [-0.2, 0) is 0 Å². The molecule has 0 spiro atoms. The number of rotatable bonds is 6. The molecule has 1 saturated heterocycles. The van der Waals surface area contributed by atoms with Gasteiger partial charge in [0.15, 0.2) is 0 Å². The van der Waals surface area contributed by atoms with Gasteiger partial charge in [0.05, 0.1) is 0 Å². The van der Waals surface area contributed by atoms with Gasteiger partial charge in [0, 0.05) is 0 Å². The van der Waals surface area contributed by atoms with E-state index in [1.807, 2.05) is 0 Å². The van der Waals surface area contributed by atoms with E-state index in [0.29, 0.717) is 0 Å². The molecule has 1 N–H and O–H groups in total. The molecule has 1 fully saturated rings. The average molecular weight is 201 g/mol. The second kappa shape index (κ2) is 6.72. The molecule has 0 aromatic heterocycles. The fourth-order valence-electron chi connectivity index (χ4n) is 1.81. The lowest BCUT2D eigenvalue weighted by Crippen LogP contribution is -2.27. The minimum absolute atomic E-state index is 0.897. The van der Waals surface area contributed by atoms with Gasteiger partial charge < -0.3 is 5.32 Å². The van der Waals surface area contributed by atoms with Crippen LogP contribution in [0.2, 0.25) is 0 Å². The summed E-state index contributed by atoms with van der Waals surface area (Å²) < 4.78 is 0. The van der Waals surface area contributed by atoms with E-state index in [4.69, 9.17) is 0 Å². The maximum atomic E-state index is 3.62. The van der Waals surface area contributed by atoms with Gasteiger partial charge in [-0.3, -0.25) is 0 Å². The normalized spacial score (nSPS) is 22.8. The molecule has 0 aromatic carbocycles. The van der Waals surface area contributed by atoms with E-state index in [2.05, 4.69) is 30.9 Å². The van der Waals surface area contributed by atoms with Crippen LogP contribution in [0.5, 0.6) is 0 Å². The maximum Gasteiger partial charge on any atom is -0.00122 e. The van der Waals surface area contributed by atoms with E-state index in [0.717, 1.165) is 11.8 Å². The average Bonchev–Trinajstić information content (AvgIpc) is 2.65. The summed E-state index contributed by atoms with van der Waals surface area (Å²) in [5, 5.41) is 3.62. The molecule has 1 rings (SSSR count). The van der Waals surface area contributed by atoms with Crippen molar-refractivity contribution in [2.24, 2.45) is 11.8 Å². The SMILES string of the molecule is CCC(CC)CNCC1CCSC1. The Bertz CT molecular complexity index is 115. The minimum Gasteiger partial charge on any atom is -0.316 e. The molecular formula is C11H23NS. The summed E-state index contributed by atoms with van der Waals surface area (Å²) in [4.78, 5) is 0. The van der Waals surface area contributed by atoms with Gasteiger partial charge in [0.2, 0.25) is 0 Å². The van der Waals surface area contributed by atoms with Crippen molar-refractivity contribution < 1.29 is 0 Å². The van der Waals surface area contributed by atoms with Gasteiger partial charge >= 0.3 is 0 Å². The molecule has 0 bridgehead atoms. The van der Waals surface area contributed by atoms with Crippen LogP contribution in [0.3, 0.4) is 0 Å². The zero-order chi connectivity index (χ0) is 9.52. The summed E-state index contributed by atoms with van der Waals surface area (Å²) in [7, 11) is 0. The summed E-state index contributed by atoms with van der Waals surface area (Å²) in [5.41, 5.74) is 0. The van der Waals surface area contributed by atoms with E-state index in [1.54, 1.807) is 0 Å². The Morgan fingerprint density at radius 2 is 2.15 bits per heavy atom. The Balaban J connectivity index is 1.98. The van der Waals surface area contributed by atoms with Crippen molar-refractivity contribution in [3.8, 4) is 0 Å². The number of nitrogens with one attached hydrogen (secondary N) is 1. The van der Waals surface area contributed by atoms with Crippen LogP contribution in [-0.4, -0.2) is 24.6 Å². The van der Waals surface area contributed by atoms with Crippen molar-refractivity contribution in [2.75, 3.05) is 24.6 Å². The van der Waals surface area contributed by atoms with Gasteiger partial charge in [-0.05, 0) is 42.9 Å². The standard InChI is InChI=1S/C11H23NS/c1-3-10(4-2)7-12-8-11-5-6-13-9-11/h10-12H,3-9H2,1-2H3. The summed E-state index contributed by atoms with van der Waals surface area (Å²) in [5.74, 6) is 4.63. The van der Waals surface area contributed by atoms with E-state index in [1.165, 1.54) is 43.9 Å². The van der Waals surface area contributed by atoms with E-state index < -0.39 is 0 Å². The third-order valence-corrected chi connectivity index (χ3v) is 4.28. The fourth-order valence-corrected chi connectivity index (χ4v) is 3.10. The molecule has 13 heavy (non-hydrogen) atoms. The second-order valence-corrected chi connectivity index (χ2v) is 5.22. The van der Waals surface area contributed by atoms with Crippen LogP contribution in [0.15, 0.2) is 0 Å². The Morgan fingerprint density at radius 3 is 2.69 bits per heavy atom. The van der Waals surface area contributed by atoms with E-state index in [-0.39, 0.29) is 0 Å². The van der Waals surface area contributed by atoms with Gasteiger partial charge in [-0.15, -0.1) is 0 Å². The molecule has 1 heterocycles. The molecule has 0 amide bonds. The third kappa shape index (κ3) is 4.37. The topological polar surface area (TPSA) is 12.0 Å². The van der Waals surface area contributed by atoms with Crippen molar-refractivity contribution >= 4 is 11.8 Å². The van der Waals surface area contributed by atoms with Crippen LogP contribution in [0.25, 0.3) is 0 Å². The molecule has 0 aromatic rings. The molecule has 0 saturated carbocycles. The summed E-state index contributed by atoms with van der Waals surface area (Å²) in [6.07, 6.45) is 4.08. The van der Waals surface area contributed by atoms with Crippen LogP contribution >= 0.6 is 11.8 Å². The molecule has 0 aliphatic carbocycles. The first-order valence-electron chi connectivity index (χ1n) is 5.65. The van der Waals surface area contributed by atoms with Gasteiger partial charge in [0.25, 0.3) is 0 Å². The first kappa shape index (κ1) is 11.4. The molecule has 78 valence electrons. The molecule has 0 radical (unpaired) electrons. The molecule has 1 aliphatic rings. The van der Waals surface area contributed by atoms with E-state index >= 15 is 0 Å². The summed E-state index contributed by atoms with van der Waals surface area (Å²) in [6, 6.07) is 0. The number of hydrogen-bond acceptors (Lipinski definition) is 2. The van der Waals surface area contributed by atoms with Gasteiger partial charge in [0.1, 0.15) is 0 Å². The zero-order valence-corrected chi connectivity index (χ0v) is 9.83. The predicted octanol–water partition coefficient (Wildman–Crippen LogP) is 2.77. The highest BCUT2D eigenvalue weighted by molar-refractivity contribution is 7.99. The fraction of sp³-hybridized carbons (Fsp3) is 1.00. The van der Waals surface area contributed by atoms with Crippen LogP contribution in [0.4, 0.5) is 0 Å². The maximum absolute atomic E-state index is 3.62. The van der Waals surface area contributed by atoms with Crippen molar-refractivity contribution in [1.29, 1.82) is 0 Å². The lowest BCUT2D eigenvalue weighted by molar-refractivity contribution is 0.423. The van der Waals surface area contributed by atoms with Gasteiger partial charge in [-0.2, -0.15) is 11.8 Å². The van der Waals surface area contributed by atoms with Crippen molar-refractivity contribution in [3.05, 3.63) is 0 Å². The highest BCUT2D eigenvalue weighted by atomic mass is 32.2. The quantitative estimate of drug-likeness (QED) is 0.709. The Hall–Kier alpha value is 0.310. The monoisotopic (exact) mass is 201 g/mol. The molecule has 1 aliphatic heterocycles. The van der Waals surface area contributed by atoms with Crippen molar-refractivity contribution in [1.82, 2.24) is 5.32 Å². The second-order valence-electron chi connectivity index (χ2n) is 4.07. The number of thioether (sulfide) groups is 1. The number of hydrogen-bond donors (Lipinski definition) is 1. The van der Waals surface area contributed by atoms with Gasteiger partial charge in [-0.25, -0.2) is 0 Å². The predicted molar refractivity (Wildman–Crippen MR) is 62.4 cm³/mol. The Labute approximate surface area is 87.1 Å². The van der Waals surface area contributed by atoms with Crippen molar-refractivity contribution in [2.45, 2.75) is 33.1 Å². The van der Waals surface area contributed by atoms with Crippen molar-refractivity contribution in [3.63, 3.8) is 0 Å². The molecule has 1 unspecified atom stereocenters. The Morgan fingerprint density at radius 1 is 1.38 bits per heavy atom. The largest absolute Gasteiger partial charge is 0.316 e. The lowest BCUT2D eigenvalue weighted by atomic mass is 10.0. The first-order chi connectivity index (χ1) is 6.36. The summed E-state index contributed by atoms with van der Waals surface area (Å²) >= 11 is 2.11. The van der Waals surface area contributed by atoms with Gasteiger partial charge in [-0.1, -0.05) is 26.7 Å². The van der Waals surface area contributed by atoms with Crippen LogP contribution in [0, 0.1) is 11.8 Å². The van der Waals surface area contributed by atoms with Crippen LogP contribution < -0.4 is 5.32 Å². The Kier molecular flexibility index (Phi) is 5.88. The highest BCUT2D eigenvalue weighted by Gasteiger charge is 2.14. The molecular weight excluding hydrogens is 178 g/mol. The van der Waals surface area contributed by atoms with Crippen LogP contribution in [0.1, 0.15) is 33.1 Å². The summed E-state index contributed by atoms with van der Waals surface area (Å²) in [6.45, 7) is 7.07. The third-order valence-electron chi connectivity index (χ3n) is 3.04. The first-order valence-corrected chi connectivity index (χ1v) is 6.80. The molecule has 2 heteroatoms. The minimum atomic E-state index is 0.897. The molecule has 1 nitrogen and oxygen atoms in total. The van der Waals surface area contributed by atoms with E-state index in [9.17, 15) is 0 Å². The molecule has 1 atom stereocenters. The lowest BCUT2D eigenvalue weighted by Gasteiger charge is -2.15.